The summed E-state index contributed by atoms with van der Waals surface area (Å²) in [6.07, 6.45) is 9.42. The number of fused-ring (bicyclic) bond motifs is 1. The fourth-order valence-corrected chi connectivity index (χ4v) is 4.28. The second kappa shape index (κ2) is 5.16. The maximum Gasteiger partial charge on any atom is 0.0936 e. The molecule has 0 aliphatic heterocycles. The Morgan fingerprint density at radius 2 is 1.75 bits per heavy atom. The van der Waals surface area contributed by atoms with E-state index in [0.717, 1.165) is 24.8 Å². The fraction of sp³-hybridized carbons (Fsp3) is 0.667. The van der Waals surface area contributed by atoms with Gasteiger partial charge in [0.05, 0.1) is 5.60 Å². The Labute approximate surface area is 122 Å². The molecule has 0 saturated heterocycles. The lowest BCUT2D eigenvalue weighted by Gasteiger charge is -2.43. The predicted molar refractivity (Wildman–Crippen MR) is 82.6 cm³/mol. The van der Waals surface area contributed by atoms with Crippen molar-refractivity contribution in [3.8, 4) is 0 Å². The molecule has 1 saturated carbocycles. The first-order valence-corrected chi connectivity index (χ1v) is 8.14. The summed E-state index contributed by atoms with van der Waals surface area (Å²) in [5.74, 6) is 0. The Hall–Kier alpha value is -0.860. The minimum atomic E-state index is -0.801. The number of nitrogens with two attached hydrogens (primary N) is 1. The quantitative estimate of drug-likeness (QED) is 0.887. The van der Waals surface area contributed by atoms with Crippen LogP contribution in [0.2, 0.25) is 0 Å². The monoisotopic (exact) mass is 273 g/mol. The average Bonchev–Trinajstić information content (AvgIpc) is 2.97. The molecular formula is C18H27NO. The highest BCUT2D eigenvalue weighted by Gasteiger charge is 2.48. The van der Waals surface area contributed by atoms with Crippen molar-refractivity contribution in [2.24, 2.45) is 11.1 Å². The van der Waals surface area contributed by atoms with Gasteiger partial charge in [-0.1, -0.05) is 31.0 Å². The van der Waals surface area contributed by atoms with E-state index in [1.54, 1.807) is 0 Å². The Bertz CT molecular complexity index is 486. The van der Waals surface area contributed by atoms with Crippen molar-refractivity contribution in [3.63, 3.8) is 0 Å². The van der Waals surface area contributed by atoms with E-state index in [1.165, 1.54) is 43.2 Å². The highest BCUT2D eigenvalue weighted by Crippen LogP contribution is 2.50. The summed E-state index contributed by atoms with van der Waals surface area (Å²) >= 11 is 0. The summed E-state index contributed by atoms with van der Waals surface area (Å²) in [4.78, 5) is 0. The summed E-state index contributed by atoms with van der Waals surface area (Å²) in [5, 5.41) is 11.3. The first-order chi connectivity index (χ1) is 9.59. The van der Waals surface area contributed by atoms with E-state index in [2.05, 4.69) is 18.2 Å². The van der Waals surface area contributed by atoms with Gasteiger partial charge in [-0.15, -0.1) is 0 Å². The number of hydrogen-bond donors (Lipinski definition) is 2. The van der Waals surface area contributed by atoms with E-state index in [0.29, 0.717) is 6.54 Å². The molecule has 2 aliphatic carbocycles. The van der Waals surface area contributed by atoms with Gasteiger partial charge < -0.3 is 10.8 Å². The van der Waals surface area contributed by atoms with Crippen LogP contribution in [0, 0.1) is 5.41 Å². The number of aliphatic hydroxyl groups is 1. The summed E-state index contributed by atoms with van der Waals surface area (Å²) in [5.41, 5.74) is 9.13. The van der Waals surface area contributed by atoms with E-state index in [1.807, 2.05) is 6.92 Å². The molecule has 2 aliphatic rings. The first kappa shape index (κ1) is 14.1. The van der Waals surface area contributed by atoms with E-state index in [-0.39, 0.29) is 5.41 Å². The van der Waals surface area contributed by atoms with Crippen molar-refractivity contribution < 1.29 is 5.11 Å². The van der Waals surface area contributed by atoms with Crippen LogP contribution in [0.25, 0.3) is 0 Å². The third-order valence-electron chi connectivity index (χ3n) is 5.89. The smallest absolute Gasteiger partial charge is 0.0936 e. The van der Waals surface area contributed by atoms with Crippen LogP contribution in [-0.4, -0.2) is 11.7 Å². The summed E-state index contributed by atoms with van der Waals surface area (Å²) < 4.78 is 0. The standard InChI is InChI=1S/C18H27NO/c1-17(20,18(13-19)10-4-5-11-18)16-9-8-14-6-2-3-7-15(14)12-16/h8-9,12,20H,2-7,10-11,13,19H2,1H3. The van der Waals surface area contributed by atoms with Crippen LogP contribution in [0.5, 0.6) is 0 Å². The second-order valence-corrected chi connectivity index (χ2v) is 6.95. The zero-order valence-corrected chi connectivity index (χ0v) is 12.6. The van der Waals surface area contributed by atoms with Gasteiger partial charge in [-0.2, -0.15) is 0 Å². The molecule has 2 nitrogen and oxygen atoms in total. The van der Waals surface area contributed by atoms with Crippen molar-refractivity contribution >= 4 is 0 Å². The van der Waals surface area contributed by atoms with Gasteiger partial charge in [-0.3, -0.25) is 0 Å². The molecule has 2 heteroatoms. The molecule has 0 spiro atoms. The van der Waals surface area contributed by atoms with E-state index < -0.39 is 5.60 Å². The zero-order chi connectivity index (χ0) is 14.2. The lowest BCUT2D eigenvalue weighted by molar-refractivity contribution is -0.0694. The molecule has 1 aromatic rings. The average molecular weight is 273 g/mol. The Morgan fingerprint density at radius 3 is 2.40 bits per heavy atom. The van der Waals surface area contributed by atoms with Gasteiger partial charge >= 0.3 is 0 Å². The molecule has 110 valence electrons. The third-order valence-corrected chi connectivity index (χ3v) is 5.89. The lowest BCUT2D eigenvalue weighted by Crippen LogP contribution is -2.46. The third kappa shape index (κ3) is 2.10. The molecule has 1 fully saturated rings. The molecule has 1 unspecified atom stereocenters. The van der Waals surface area contributed by atoms with Crippen LogP contribution in [0.1, 0.15) is 62.1 Å². The van der Waals surface area contributed by atoms with E-state index in [4.69, 9.17) is 5.73 Å². The molecule has 1 aromatic carbocycles. The van der Waals surface area contributed by atoms with Crippen LogP contribution < -0.4 is 5.73 Å². The van der Waals surface area contributed by atoms with Gasteiger partial charge in [0.15, 0.2) is 0 Å². The SMILES string of the molecule is CC(O)(c1ccc2c(c1)CCCC2)C1(CN)CCCC1. The fourth-order valence-electron chi connectivity index (χ4n) is 4.28. The maximum atomic E-state index is 11.3. The second-order valence-electron chi connectivity index (χ2n) is 6.95. The predicted octanol–water partition coefficient (Wildman–Crippen LogP) is 3.29. The van der Waals surface area contributed by atoms with Gasteiger partial charge in [-0.05, 0) is 62.1 Å². The molecule has 1 atom stereocenters. The molecule has 0 amide bonds. The summed E-state index contributed by atoms with van der Waals surface area (Å²) in [6.45, 7) is 2.56. The van der Waals surface area contributed by atoms with Gasteiger partial charge in [-0.25, -0.2) is 0 Å². The minimum absolute atomic E-state index is 0.129. The number of benzene rings is 1. The molecule has 20 heavy (non-hydrogen) atoms. The van der Waals surface area contributed by atoms with Crippen molar-refractivity contribution in [3.05, 3.63) is 34.9 Å². The van der Waals surface area contributed by atoms with Crippen molar-refractivity contribution in [2.75, 3.05) is 6.54 Å². The van der Waals surface area contributed by atoms with Gasteiger partial charge in [0.2, 0.25) is 0 Å². The zero-order valence-electron chi connectivity index (χ0n) is 12.6. The number of hydrogen-bond acceptors (Lipinski definition) is 2. The van der Waals surface area contributed by atoms with Crippen molar-refractivity contribution in [1.29, 1.82) is 0 Å². The van der Waals surface area contributed by atoms with Crippen LogP contribution >= 0.6 is 0 Å². The molecular weight excluding hydrogens is 246 g/mol. The van der Waals surface area contributed by atoms with Crippen molar-refractivity contribution in [2.45, 2.75) is 63.9 Å². The maximum absolute atomic E-state index is 11.3. The lowest BCUT2D eigenvalue weighted by atomic mass is 9.67. The molecule has 3 rings (SSSR count). The van der Waals surface area contributed by atoms with E-state index in [9.17, 15) is 5.11 Å². The van der Waals surface area contributed by atoms with Gasteiger partial charge in [0.25, 0.3) is 0 Å². The minimum Gasteiger partial charge on any atom is -0.385 e. The van der Waals surface area contributed by atoms with Crippen molar-refractivity contribution in [1.82, 2.24) is 0 Å². The normalized spacial score (nSPS) is 24.1. The summed E-state index contributed by atoms with van der Waals surface area (Å²) in [7, 11) is 0. The highest BCUT2D eigenvalue weighted by atomic mass is 16.3. The topological polar surface area (TPSA) is 46.2 Å². The molecule has 0 bridgehead atoms. The summed E-state index contributed by atoms with van der Waals surface area (Å²) in [6, 6.07) is 6.63. The molecule has 0 radical (unpaired) electrons. The largest absolute Gasteiger partial charge is 0.385 e. The Morgan fingerprint density at radius 1 is 1.10 bits per heavy atom. The number of rotatable bonds is 3. The van der Waals surface area contributed by atoms with Crippen LogP contribution in [0.3, 0.4) is 0 Å². The van der Waals surface area contributed by atoms with Crippen LogP contribution in [-0.2, 0) is 18.4 Å². The Balaban J connectivity index is 1.98. The molecule has 3 N–H and O–H groups in total. The first-order valence-electron chi connectivity index (χ1n) is 8.14. The van der Waals surface area contributed by atoms with Gasteiger partial charge in [0, 0.05) is 12.0 Å². The van der Waals surface area contributed by atoms with Gasteiger partial charge in [0.1, 0.15) is 0 Å². The molecule has 0 aromatic heterocycles. The van der Waals surface area contributed by atoms with Crippen LogP contribution in [0.15, 0.2) is 18.2 Å². The molecule has 0 heterocycles. The van der Waals surface area contributed by atoms with E-state index >= 15 is 0 Å². The van der Waals surface area contributed by atoms with Crippen LogP contribution in [0.4, 0.5) is 0 Å². The Kier molecular flexibility index (Phi) is 3.64. The number of aryl methyl sites for hydroxylation is 2. The highest BCUT2D eigenvalue weighted by molar-refractivity contribution is 5.37.